The molecule has 3 aromatic rings. The Hall–Kier alpha value is -3.07. The van der Waals surface area contributed by atoms with Gasteiger partial charge < -0.3 is 10.2 Å². The first-order valence-electron chi connectivity index (χ1n) is 12.6. The Morgan fingerprint density at radius 2 is 1.59 bits per heavy atom. The van der Waals surface area contributed by atoms with Gasteiger partial charge in [0.15, 0.2) is 0 Å². The Kier molecular flexibility index (Phi) is 10.4. The van der Waals surface area contributed by atoms with Crippen molar-refractivity contribution in [2.24, 2.45) is 0 Å². The van der Waals surface area contributed by atoms with Crippen LogP contribution in [0.2, 0.25) is 10.0 Å². The number of hydrogen-bond donors (Lipinski definition) is 1. The molecule has 0 spiro atoms. The van der Waals surface area contributed by atoms with E-state index in [-0.39, 0.29) is 33.1 Å². The van der Waals surface area contributed by atoms with Gasteiger partial charge in [-0.05, 0) is 63.1 Å². The molecule has 1 unspecified atom stereocenters. The second-order valence-corrected chi connectivity index (χ2v) is 11.9. The van der Waals surface area contributed by atoms with Gasteiger partial charge in [0.2, 0.25) is 11.8 Å². The third-order valence-corrected chi connectivity index (χ3v) is 8.78. The van der Waals surface area contributed by atoms with Gasteiger partial charge in [0, 0.05) is 13.1 Å². The van der Waals surface area contributed by atoms with Crippen LogP contribution >= 0.6 is 23.2 Å². The monoisotopic (exact) mass is 589 g/mol. The van der Waals surface area contributed by atoms with Gasteiger partial charge in [-0.1, -0.05) is 77.7 Å². The second kappa shape index (κ2) is 13.3. The van der Waals surface area contributed by atoms with Crippen molar-refractivity contribution in [2.45, 2.75) is 51.6 Å². The van der Waals surface area contributed by atoms with Gasteiger partial charge in [0.05, 0.1) is 20.6 Å². The van der Waals surface area contributed by atoms with Crippen LogP contribution < -0.4 is 9.62 Å². The predicted octanol–water partition coefficient (Wildman–Crippen LogP) is 5.75. The Bertz CT molecular complexity index is 1430. The molecule has 7 nitrogen and oxygen atoms in total. The molecule has 208 valence electrons. The number of sulfonamides is 1. The number of nitrogens with zero attached hydrogens (tertiary/aromatic N) is 2. The van der Waals surface area contributed by atoms with E-state index in [1.54, 1.807) is 19.1 Å². The third-order valence-electron chi connectivity index (χ3n) is 6.25. The fourth-order valence-corrected chi connectivity index (χ4v) is 5.92. The molecule has 0 aliphatic rings. The summed E-state index contributed by atoms with van der Waals surface area (Å²) in [6.07, 6.45) is 0.348. The standard InChI is InChI=1S/C29H33Cl2N3O4S/c1-5-27(29(36)32-6-2)33(18-22-9-7-8-21(4)16-22)28(35)19-34(23-12-15-25(30)26(31)17-23)39(37,38)24-13-10-20(3)11-14-24/h7-17,27H,5-6,18-19H2,1-4H3,(H,32,36). The van der Waals surface area contributed by atoms with Gasteiger partial charge in [0.25, 0.3) is 10.0 Å². The van der Waals surface area contributed by atoms with E-state index in [1.807, 2.05) is 45.0 Å². The summed E-state index contributed by atoms with van der Waals surface area (Å²) in [6.45, 7) is 7.40. The summed E-state index contributed by atoms with van der Waals surface area (Å²) >= 11 is 12.3. The molecule has 0 fully saturated rings. The minimum Gasteiger partial charge on any atom is -0.355 e. The molecule has 0 aliphatic carbocycles. The highest BCUT2D eigenvalue weighted by Gasteiger charge is 2.33. The Labute approximate surface area is 240 Å². The van der Waals surface area contributed by atoms with E-state index >= 15 is 0 Å². The summed E-state index contributed by atoms with van der Waals surface area (Å²) < 4.78 is 28.8. The first-order chi connectivity index (χ1) is 18.5. The van der Waals surface area contributed by atoms with Crippen molar-refractivity contribution in [1.82, 2.24) is 10.2 Å². The van der Waals surface area contributed by atoms with Gasteiger partial charge >= 0.3 is 0 Å². The highest BCUT2D eigenvalue weighted by molar-refractivity contribution is 7.92. The van der Waals surface area contributed by atoms with Crippen LogP contribution in [0.5, 0.6) is 0 Å². The maximum atomic E-state index is 14.0. The van der Waals surface area contributed by atoms with Gasteiger partial charge in [0.1, 0.15) is 12.6 Å². The lowest BCUT2D eigenvalue weighted by Gasteiger charge is -2.33. The fraction of sp³-hybridized carbons (Fsp3) is 0.310. The van der Waals surface area contributed by atoms with E-state index in [2.05, 4.69) is 5.32 Å². The molecule has 3 rings (SSSR count). The Morgan fingerprint density at radius 3 is 2.18 bits per heavy atom. The Balaban J connectivity index is 2.09. The highest BCUT2D eigenvalue weighted by atomic mass is 35.5. The summed E-state index contributed by atoms with van der Waals surface area (Å²) in [4.78, 5) is 28.4. The lowest BCUT2D eigenvalue weighted by Crippen LogP contribution is -2.52. The third kappa shape index (κ3) is 7.53. The minimum atomic E-state index is -4.19. The van der Waals surface area contributed by atoms with E-state index in [4.69, 9.17) is 23.2 Å². The summed E-state index contributed by atoms with van der Waals surface area (Å²) in [5.41, 5.74) is 2.90. The quantitative estimate of drug-likeness (QED) is 0.308. The maximum Gasteiger partial charge on any atom is 0.264 e. The number of carbonyl (C=O) groups excluding carboxylic acids is 2. The van der Waals surface area contributed by atoms with E-state index in [0.29, 0.717) is 13.0 Å². The van der Waals surface area contributed by atoms with Crippen molar-refractivity contribution < 1.29 is 18.0 Å². The van der Waals surface area contributed by atoms with Crippen molar-refractivity contribution in [2.75, 3.05) is 17.4 Å². The lowest BCUT2D eigenvalue weighted by molar-refractivity contribution is -0.140. The van der Waals surface area contributed by atoms with Crippen LogP contribution in [0.15, 0.2) is 71.6 Å². The van der Waals surface area contributed by atoms with E-state index in [0.717, 1.165) is 21.0 Å². The number of halogens is 2. The zero-order chi connectivity index (χ0) is 28.7. The molecule has 0 saturated heterocycles. The van der Waals surface area contributed by atoms with Crippen LogP contribution in [0.1, 0.15) is 37.0 Å². The number of aryl methyl sites for hydroxylation is 2. The van der Waals surface area contributed by atoms with Crippen molar-refractivity contribution in [1.29, 1.82) is 0 Å². The number of anilines is 1. The first-order valence-corrected chi connectivity index (χ1v) is 14.8. The normalized spacial score (nSPS) is 12.1. The van der Waals surface area contributed by atoms with E-state index < -0.39 is 28.5 Å². The average Bonchev–Trinajstić information content (AvgIpc) is 2.89. The minimum absolute atomic E-state index is 0.0213. The van der Waals surface area contributed by atoms with Crippen LogP contribution in [0, 0.1) is 13.8 Å². The summed E-state index contributed by atoms with van der Waals surface area (Å²) in [7, 11) is -4.19. The zero-order valence-corrected chi connectivity index (χ0v) is 24.8. The lowest BCUT2D eigenvalue weighted by atomic mass is 10.1. The molecule has 0 aliphatic heterocycles. The molecule has 0 aromatic heterocycles. The van der Waals surface area contributed by atoms with Crippen LogP contribution in [0.4, 0.5) is 5.69 Å². The molecule has 0 bridgehead atoms. The van der Waals surface area contributed by atoms with E-state index in [9.17, 15) is 18.0 Å². The molecule has 1 N–H and O–H groups in total. The zero-order valence-electron chi connectivity index (χ0n) is 22.4. The van der Waals surface area contributed by atoms with Gasteiger partial charge in [-0.15, -0.1) is 0 Å². The number of likely N-dealkylation sites (N-methyl/N-ethyl adjacent to an activating group) is 1. The highest BCUT2D eigenvalue weighted by Crippen LogP contribution is 2.31. The molecule has 39 heavy (non-hydrogen) atoms. The van der Waals surface area contributed by atoms with Gasteiger partial charge in [-0.25, -0.2) is 8.42 Å². The van der Waals surface area contributed by atoms with E-state index in [1.165, 1.54) is 35.2 Å². The molecular formula is C29H33Cl2N3O4S. The molecule has 10 heteroatoms. The molecule has 0 saturated carbocycles. The molecular weight excluding hydrogens is 557 g/mol. The fourth-order valence-electron chi connectivity index (χ4n) is 4.23. The van der Waals surface area contributed by atoms with Gasteiger partial charge in [-0.2, -0.15) is 0 Å². The summed E-state index contributed by atoms with van der Waals surface area (Å²) in [5, 5.41) is 3.19. The van der Waals surface area contributed by atoms with Crippen molar-refractivity contribution in [3.8, 4) is 0 Å². The molecule has 0 radical (unpaired) electrons. The smallest absolute Gasteiger partial charge is 0.264 e. The molecule has 2 amide bonds. The number of benzene rings is 3. The van der Waals surface area contributed by atoms with Crippen molar-refractivity contribution >= 4 is 50.7 Å². The topological polar surface area (TPSA) is 86.8 Å². The number of hydrogen-bond acceptors (Lipinski definition) is 4. The Morgan fingerprint density at radius 1 is 0.897 bits per heavy atom. The number of nitrogens with one attached hydrogen (secondary N) is 1. The van der Waals surface area contributed by atoms with Crippen molar-refractivity contribution in [3.63, 3.8) is 0 Å². The maximum absolute atomic E-state index is 14.0. The molecule has 0 heterocycles. The number of rotatable bonds is 11. The molecule has 3 aromatic carbocycles. The first kappa shape index (κ1) is 30.5. The van der Waals surface area contributed by atoms with Crippen molar-refractivity contribution in [3.05, 3.63) is 93.5 Å². The van der Waals surface area contributed by atoms with Crippen LogP contribution in [0.25, 0.3) is 0 Å². The largest absolute Gasteiger partial charge is 0.355 e. The summed E-state index contributed by atoms with van der Waals surface area (Å²) in [5.74, 6) is -0.833. The van der Waals surface area contributed by atoms with Gasteiger partial charge in [-0.3, -0.25) is 13.9 Å². The molecule has 1 atom stereocenters. The van der Waals surface area contributed by atoms with Crippen LogP contribution in [0.3, 0.4) is 0 Å². The SMILES string of the molecule is CCNC(=O)C(CC)N(Cc1cccc(C)c1)C(=O)CN(c1ccc(Cl)c(Cl)c1)S(=O)(=O)c1ccc(C)cc1. The average molecular weight is 591 g/mol. The number of carbonyl (C=O) groups is 2. The van der Waals surface area contributed by atoms with Crippen LogP contribution in [-0.4, -0.2) is 44.3 Å². The van der Waals surface area contributed by atoms with Crippen LogP contribution in [-0.2, 0) is 26.2 Å². The second-order valence-electron chi connectivity index (χ2n) is 9.25. The summed E-state index contributed by atoms with van der Waals surface area (Å²) in [6, 6.07) is 17.6. The number of amides is 2. The predicted molar refractivity (Wildman–Crippen MR) is 157 cm³/mol.